The molecule has 1 aromatic carbocycles. The number of hydrogen-bond acceptors (Lipinski definition) is 6. The van der Waals surface area contributed by atoms with Crippen LogP contribution in [0.4, 0.5) is 5.95 Å². The lowest BCUT2D eigenvalue weighted by Crippen LogP contribution is -2.31. The van der Waals surface area contributed by atoms with Gasteiger partial charge in [0.15, 0.2) is 11.2 Å². The van der Waals surface area contributed by atoms with E-state index in [4.69, 9.17) is 4.74 Å². The van der Waals surface area contributed by atoms with Crippen LogP contribution in [0.5, 0.6) is 5.75 Å². The van der Waals surface area contributed by atoms with Crippen LogP contribution < -0.4 is 21.3 Å². The van der Waals surface area contributed by atoms with E-state index in [1.165, 1.54) is 4.57 Å². The van der Waals surface area contributed by atoms with E-state index in [0.717, 1.165) is 5.56 Å². The minimum atomic E-state index is -0.884. The summed E-state index contributed by atoms with van der Waals surface area (Å²) in [4.78, 5) is 31.1. The summed E-state index contributed by atoms with van der Waals surface area (Å²) in [7, 11) is 1.54. The van der Waals surface area contributed by atoms with Gasteiger partial charge in [0.2, 0.25) is 5.95 Å². The van der Waals surface area contributed by atoms with Crippen molar-refractivity contribution in [3.8, 4) is 5.75 Å². The fourth-order valence-corrected chi connectivity index (χ4v) is 2.93. The average molecular weight is 401 g/mol. The first-order chi connectivity index (χ1) is 13.8. The zero-order valence-electron chi connectivity index (χ0n) is 17.1. The average Bonchev–Trinajstić information content (AvgIpc) is 3.03. The number of nitrogens with one attached hydrogen (secondary N) is 2. The molecule has 0 spiro atoms. The second-order valence-electron chi connectivity index (χ2n) is 7.59. The van der Waals surface area contributed by atoms with Gasteiger partial charge in [0.05, 0.1) is 6.54 Å². The lowest BCUT2D eigenvalue weighted by atomic mass is 10.2. The van der Waals surface area contributed by atoms with Gasteiger partial charge in [0, 0.05) is 13.6 Å². The maximum Gasteiger partial charge on any atom is 0.329 e. The zero-order valence-corrected chi connectivity index (χ0v) is 17.1. The van der Waals surface area contributed by atoms with Gasteiger partial charge in [-0.3, -0.25) is 14.3 Å². The third kappa shape index (κ3) is 4.68. The summed E-state index contributed by atoms with van der Waals surface area (Å²) < 4.78 is 8.53. The fourth-order valence-electron chi connectivity index (χ4n) is 2.93. The Bertz CT molecular complexity index is 1090. The molecule has 1 atom stereocenters. The van der Waals surface area contributed by atoms with Gasteiger partial charge < -0.3 is 19.7 Å². The molecule has 2 aromatic heterocycles. The van der Waals surface area contributed by atoms with Gasteiger partial charge in [0.25, 0.3) is 5.56 Å². The molecule has 0 fully saturated rings. The Balaban J connectivity index is 1.88. The second-order valence-corrected chi connectivity index (χ2v) is 7.59. The van der Waals surface area contributed by atoms with E-state index in [2.05, 4.69) is 15.3 Å². The predicted octanol–water partition coefficient (Wildman–Crippen LogP) is 1.24. The van der Waals surface area contributed by atoms with E-state index in [1.807, 2.05) is 45.0 Å². The predicted molar refractivity (Wildman–Crippen MR) is 112 cm³/mol. The number of nitrogens with zero attached hydrogens (tertiary/aromatic N) is 3. The van der Waals surface area contributed by atoms with E-state index < -0.39 is 17.4 Å². The van der Waals surface area contributed by atoms with Crippen molar-refractivity contribution in [2.45, 2.75) is 33.4 Å². The minimum absolute atomic E-state index is 0.0516. The first kappa shape index (κ1) is 20.7. The SMILES string of the molecule is Cc1ccc(OC[C@H](O)Cn2c(NCC(C)C)nc3c2c(=O)[nH]c(=O)n3C)cc1. The summed E-state index contributed by atoms with van der Waals surface area (Å²) >= 11 is 0. The van der Waals surface area contributed by atoms with Gasteiger partial charge in [-0.25, -0.2) is 4.79 Å². The Morgan fingerprint density at radius 1 is 1.24 bits per heavy atom. The summed E-state index contributed by atoms with van der Waals surface area (Å²) in [5, 5.41) is 13.7. The Morgan fingerprint density at radius 3 is 2.59 bits per heavy atom. The topological polar surface area (TPSA) is 114 Å². The summed E-state index contributed by atoms with van der Waals surface area (Å²) in [5.41, 5.74) is 0.531. The number of ether oxygens (including phenoxy) is 1. The number of aliphatic hydroxyl groups is 1. The van der Waals surface area contributed by atoms with Crippen LogP contribution in [0.25, 0.3) is 11.2 Å². The second kappa shape index (κ2) is 8.52. The highest BCUT2D eigenvalue weighted by Gasteiger charge is 2.20. The molecule has 0 aliphatic carbocycles. The van der Waals surface area contributed by atoms with Crippen molar-refractivity contribution in [1.29, 1.82) is 0 Å². The summed E-state index contributed by atoms with van der Waals surface area (Å²) in [5.74, 6) is 1.43. The molecule has 3 N–H and O–H groups in total. The molecule has 0 aliphatic rings. The summed E-state index contributed by atoms with van der Waals surface area (Å²) in [6.07, 6.45) is -0.884. The van der Waals surface area contributed by atoms with E-state index in [0.29, 0.717) is 24.2 Å². The number of aromatic amines is 1. The van der Waals surface area contributed by atoms with Crippen molar-refractivity contribution in [1.82, 2.24) is 19.1 Å². The third-order valence-corrected chi connectivity index (χ3v) is 4.53. The maximum atomic E-state index is 12.4. The highest BCUT2D eigenvalue weighted by molar-refractivity contribution is 5.74. The molecule has 0 amide bonds. The van der Waals surface area contributed by atoms with Crippen molar-refractivity contribution < 1.29 is 9.84 Å². The number of H-pyrrole nitrogens is 1. The van der Waals surface area contributed by atoms with Crippen LogP contribution in [-0.4, -0.2) is 43.5 Å². The molecular formula is C20H27N5O4. The van der Waals surface area contributed by atoms with Crippen LogP contribution in [0.15, 0.2) is 33.9 Å². The normalized spacial score (nSPS) is 12.5. The number of aromatic nitrogens is 4. The van der Waals surface area contributed by atoms with Crippen molar-refractivity contribution in [3.05, 3.63) is 50.7 Å². The number of fused-ring (bicyclic) bond motifs is 1. The Labute approximate surface area is 168 Å². The molecule has 2 heterocycles. The van der Waals surface area contributed by atoms with Gasteiger partial charge in [0.1, 0.15) is 18.5 Å². The Hall–Kier alpha value is -3.07. The molecule has 0 saturated carbocycles. The minimum Gasteiger partial charge on any atom is -0.491 e. The molecule has 0 bridgehead atoms. The quantitative estimate of drug-likeness (QED) is 0.523. The largest absolute Gasteiger partial charge is 0.491 e. The van der Waals surface area contributed by atoms with Crippen LogP contribution in [0, 0.1) is 12.8 Å². The first-order valence-electron chi connectivity index (χ1n) is 9.57. The van der Waals surface area contributed by atoms with E-state index in [9.17, 15) is 14.7 Å². The standard InChI is InChI=1S/C20H27N5O4/c1-12(2)9-21-19-22-17-16(18(27)23-20(28)24(17)4)25(19)10-14(26)11-29-15-7-5-13(3)6-8-15/h5-8,12,14,26H,9-11H2,1-4H3,(H,21,22)(H,23,27,28)/t14-/m1/s1. The molecule has 0 radical (unpaired) electrons. The van der Waals surface area contributed by atoms with Crippen LogP contribution in [0.1, 0.15) is 19.4 Å². The van der Waals surface area contributed by atoms with Crippen LogP contribution in [-0.2, 0) is 13.6 Å². The molecule has 0 saturated heterocycles. The van der Waals surface area contributed by atoms with Crippen molar-refractivity contribution in [2.75, 3.05) is 18.5 Å². The van der Waals surface area contributed by atoms with Crippen LogP contribution in [0.2, 0.25) is 0 Å². The monoisotopic (exact) mass is 401 g/mol. The number of benzene rings is 1. The Kier molecular flexibility index (Phi) is 6.07. The molecule has 3 aromatic rings. The van der Waals surface area contributed by atoms with Gasteiger partial charge in [-0.1, -0.05) is 31.5 Å². The number of imidazole rings is 1. The zero-order chi connectivity index (χ0) is 21.1. The van der Waals surface area contributed by atoms with E-state index in [1.54, 1.807) is 11.6 Å². The molecule has 9 nitrogen and oxygen atoms in total. The van der Waals surface area contributed by atoms with E-state index in [-0.39, 0.29) is 24.3 Å². The van der Waals surface area contributed by atoms with Gasteiger partial charge >= 0.3 is 5.69 Å². The van der Waals surface area contributed by atoms with Crippen LogP contribution >= 0.6 is 0 Å². The van der Waals surface area contributed by atoms with Crippen molar-refractivity contribution in [3.63, 3.8) is 0 Å². The number of rotatable bonds is 8. The van der Waals surface area contributed by atoms with Crippen molar-refractivity contribution >= 4 is 17.1 Å². The van der Waals surface area contributed by atoms with Crippen molar-refractivity contribution in [2.24, 2.45) is 13.0 Å². The molecule has 156 valence electrons. The number of anilines is 1. The fraction of sp³-hybridized carbons (Fsp3) is 0.450. The molecule has 0 aliphatic heterocycles. The Morgan fingerprint density at radius 2 is 1.93 bits per heavy atom. The third-order valence-electron chi connectivity index (χ3n) is 4.53. The number of aryl methyl sites for hydroxylation is 2. The first-order valence-corrected chi connectivity index (χ1v) is 9.57. The molecular weight excluding hydrogens is 374 g/mol. The number of aliphatic hydroxyl groups excluding tert-OH is 1. The highest BCUT2D eigenvalue weighted by Crippen LogP contribution is 2.17. The molecule has 0 unspecified atom stereocenters. The van der Waals surface area contributed by atoms with E-state index >= 15 is 0 Å². The van der Waals surface area contributed by atoms with Gasteiger partial charge in [-0.2, -0.15) is 4.98 Å². The van der Waals surface area contributed by atoms with Gasteiger partial charge in [-0.15, -0.1) is 0 Å². The summed E-state index contributed by atoms with van der Waals surface area (Å²) in [6, 6.07) is 7.54. The van der Waals surface area contributed by atoms with Crippen LogP contribution in [0.3, 0.4) is 0 Å². The lowest BCUT2D eigenvalue weighted by molar-refractivity contribution is 0.0938. The molecule has 3 rings (SSSR count). The molecule has 9 heteroatoms. The highest BCUT2D eigenvalue weighted by atomic mass is 16.5. The van der Waals surface area contributed by atoms with Gasteiger partial charge in [-0.05, 0) is 25.0 Å². The molecule has 29 heavy (non-hydrogen) atoms. The maximum absolute atomic E-state index is 12.4. The number of hydrogen-bond donors (Lipinski definition) is 3. The lowest BCUT2D eigenvalue weighted by Gasteiger charge is -2.16. The smallest absolute Gasteiger partial charge is 0.329 e. The summed E-state index contributed by atoms with van der Waals surface area (Å²) in [6.45, 7) is 6.85.